The summed E-state index contributed by atoms with van der Waals surface area (Å²) in [5.41, 5.74) is 0.260. The number of nitrogens with zero attached hydrogens (tertiary/aromatic N) is 2. The van der Waals surface area contributed by atoms with Crippen molar-refractivity contribution in [3.8, 4) is 6.07 Å². The monoisotopic (exact) mass is 266 g/mol. The molecule has 5 heteroatoms. The second-order valence-corrected chi connectivity index (χ2v) is 4.79. The van der Waals surface area contributed by atoms with Gasteiger partial charge in [0, 0.05) is 29.6 Å². The van der Waals surface area contributed by atoms with Crippen LogP contribution in [0.25, 0.3) is 0 Å². The first-order valence-electron chi connectivity index (χ1n) is 5.75. The van der Waals surface area contributed by atoms with E-state index in [2.05, 4.69) is 6.07 Å². The maximum Gasteiger partial charge on any atom is 0.254 e. The Morgan fingerprint density at radius 3 is 2.61 bits per heavy atom. The smallest absolute Gasteiger partial charge is 0.254 e. The first-order valence-corrected chi connectivity index (χ1v) is 6.13. The van der Waals surface area contributed by atoms with Gasteiger partial charge < -0.3 is 4.90 Å². The number of hydrogen-bond acceptors (Lipinski definition) is 2. The lowest BCUT2D eigenvalue weighted by molar-refractivity contribution is 0.0707. The molecule has 1 aliphatic rings. The maximum absolute atomic E-state index is 13.2. The van der Waals surface area contributed by atoms with Crippen LogP contribution in [0.15, 0.2) is 18.2 Å². The fourth-order valence-electron chi connectivity index (χ4n) is 2.07. The van der Waals surface area contributed by atoms with Gasteiger partial charge in [0.15, 0.2) is 0 Å². The van der Waals surface area contributed by atoms with Gasteiger partial charge in [0.05, 0.1) is 6.07 Å². The van der Waals surface area contributed by atoms with Crippen LogP contribution in [0.4, 0.5) is 4.39 Å². The van der Waals surface area contributed by atoms with Crippen molar-refractivity contribution in [2.45, 2.75) is 12.8 Å². The minimum atomic E-state index is -0.516. The van der Waals surface area contributed by atoms with Gasteiger partial charge in [-0.3, -0.25) is 4.79 Å². The van der Waals surface area contributed by atoms with Crippen molar-refractivity contribution in [1.29, 1.82) is 5.26 Å². The minimum absolute atomic E-state index is 0.0187. The van der Waals surface area contributed by atoms with E-state index in [4.69, 9.17) is 16.9 Å². The minimum Gasteiger partial charge on any atom is -0.339 e. The van der Waals surface area contributed by atoms with Crippen LogP contribution >= 0.6 is 11.6 Å². The molecule has 0 radical (unpaired) electrons. The average Bonchev–Trinajstić information content (AvgIpc) is 2.37. The standard InChI is InChI=1S/C13H12ClFN2O/c14-11-5-10(6-12(15)7-11)13(18)17-3-1-9(8-16)2-4-17/h5-7,9H,1-4H2. The second kappa shape index (κ2) is 5.36. The van der Waals surface area contributed by atoms with E-state index in [9.17, 15) is 9.18 Å². The molecule has 0 atom stereocenters. The highest BCUT2D eigenvalue weighted by Gasteiger charge is 2.23. The van der Waals surface area contributed by atoms with Crippen LogP contribution in [0.1, 0.15) is 23.2 Å². The Hall–Kier alpha value is -1.60. The highest BCUT2D eigenvalue weighted by molar-refractivity contribution is 6.31. The summed E-state index contributed by atoms with van der Waals surface area (Å²) in [6.45, 7) is 1.07. The summed E-state index contributed by atoms with van der Waals surface area (Å²) in [4.78, 5) is 13.8. The molecule has 1 aromatic carbocycles. The molecule has 0 aliphatic carbocycles. The molecule has 1 heterocycles. The van der Waals surface area contributed by atoms with Crippen molar-refractivity contribution in [1.82, 2.24) is 4.90 Å². The SMILES string of the molecule is N#CC1CCN(C(=O)c2cc(F)cc(Cl)c2)CC1. The number of likely N-dealkylation sites (tertiary alicyclic amines) is 1. The van der Waals surface area contributed by atoms with Crippen LogP contribution in [0.2, 0.25) is 5.02 Å². The molecule has 0 spiro atoms. The summed E-state index contributed by atoms with van der Waals surface area (Å²) < 4.78 is 13.2. The molecule has 0 bridgehead atoms. The van der Waals surface area contributed by atoms with Crippen molar-refractivity contribution in [2.75, 3.05) is 13.1 Å². The van der Waals surface area contributed by atoms with Crippen LogP contribution in [-0.4, -0.2) is 23.9 Å². The van der Waals surface area contributed by atoms with Gasteiger partial charge in [-0.25, -0.2) is 4.39 Å². The molecule has 0 N–H and O–H groups in total. The lowest BCUT2D eigenvalue weighted by Gasteiger charge is -2.29. The predicted octanol–water partition coefficient (Wildman–Crippen LogP) is 2.85. The zero-order chi connectivity index (χ0) is 13.1. The molecule has 1 fully saturated rings. The molecule has 3 nitrogen and oxygen atoms in total. The molecular weight excluding hydrogens is 255 g/mol. The molecule has 0 saturated carbocycles. The Kier molecular flexibility index (Phi) is 3.83. The lowest BCUT2D eigenvalue weighted by Crippen LogP contribution is -2.38. The predicted molar refractivity (Wildman–Crippen MR) is 65.7 cm³/mol. The molecule has 0 aromatic heterocycles. The number of carbonyl (C=O) groups is 1. The molecule has 1 saturated heterocycles. The van der Waals surface area contributed by atoms with Crippen molar-refractivity contribution >= 4 is 17.5 Å². The highest BCUT2D eigenvalue weighted by Crippen LogP contribution is 2.20. The summed E-state index contributed by atoms with van der Waals surface area (Å²) in [6, 6.07) is 6.02. The molecule has 1 amide bonds. The quantitative estimate of drug-likeness (QED) is 0.784. The number of halogens is 2. The molecule has 94 valence electrons. The van der Waals surface area contributed by atoms with E-state index in [-0.39, 0.29) is 22.4 Å². The maximum atomic E-state index is 13.2. The lowest BCUT2D eigenvalue weighted by atomic mass is 9.98. The third-order valence-corrected chi connectivity index (χ3v) is 3.29. The first kappa shape index (κ1) is 12.8. The summed E-state index contributed by atoms with van der Waals surface area (Å²) in [5.74, 6) is -0.726. The number of benzene rings is 1. The third kappa shape index (κ3) is 2.80. The number of rotatable bonds is 1. The van der Waals surface area contributed by atoms with Crippen LogP contribution in [0.5, 0.6) is 0 Å². The van der Waals surface area contributed by atoms with E-state index < -0.39 is 5.82 Å². The van der Waals surface area contributed by atoms with Gasteiger partial charge in [0.1, 0.15) is 5.82 Å². The second-order valence-electron chi connectivity index (χ2n) is 4.35. The van der Waals surface area contributed by atoms with Crippen LogP contribution < -0.4 is 0 Å². The number of piperidine rings is 1. The first-order chi connectivity index (χ1) is 8.60. The Morgan fingerprint density at radius 2 is 2.06 bits per heavy atom. The summed E-state index contributed by atoms with van der Waals surface area (Å²) in [6.07, 6.45) is 1.34. The Balaban J connectivity index is 2.10. The Labute approximate surface area is 110 Å². The van der Waals surface area contributed by atoms with E-state index in [0.29, 0.717) is 25.9 Å². The number of hydrogen-bond donors (Lipinski definition) is 0. The van der Waals surface area contributed by atoms with Crippen molar-refractivity contribution < 1.29 is 9.18 Å². The fraction of sp³-hybridized carbons (Fsp3) is 0.385. The third-order valence-electron chi connectivity index (χ3n) is 3.07. The number of carbonyl (C=O) groups excluding carboxylic acids is 1. The van der Waals surface area contributed by atoms with Crippen LogP contribution in [0.3, 0.4) is 0 Å². The van der Waals surface area contributed by atoms with Gasteiger partial charge in [0.25, 0.3) is 5.91 Å². The van der Waals surface area contributed by atoms with Crippen molar-refractivity contribution in [2.24, 2.45) is 5.92 Å². The molecule has 2 rings (SSSR count). The summed E-state index contributed by atoms with van der Waals surface area (Å²) >= 11 is 5.72. The molecule has 1 aliphatic heterocycles. The van der Waals surface area contributed by atoms with Crippen LogP contribution in [0, 0.1) is 23.1 Å². The number of amides is 1. The Morgan fingerprint density at radius 1 is 1.39 bits per heavy atom. The van der Waals surface area contributed by atoms with E-state index >= 15 is 0 Å². The zero-order valence-electron chi connectivity index (χ0n) is 9.70. The van der Waals surface area contributed by atoms with Gasteiger partial charge in [-0.2, -0.15) is 5.26 Å². The van der Waals surface area contributed by atoms with Crippen LogP contribution in [-0.2, 0) is 0 Å². The normalized spacial score (nSPS) is 16.4. The van der Waals surface area contributed by atoms with Crippen molar-refractivity contribution in [3.63, 3.8) is 0 Å². The van der Waals surface area contributed by atoms with E-state index in [1.165, 1.54) is 18.2 Å². The zero-order valence-corrected chi connectivity index (χ0v) is 10.5. The molecular formula is C13H12ClFN2O. The largest absolute Gasteiger partial charge is 0.339 e. The topological polar surface area (TPSA) is 44.1 Å². The molecule has 1 aromatic rings. The molecule has 0 unspecified atom stereocenters. The van der Waals surface area contributed by atoms with Gasteiger partial charge in [-0.15, -0.1) is 0 Å². The van der Waals surface area contributed by atoms with Gasteiger partial charge >= 0.3 is 0 Å². The van der Waals surface area contributed by atoms with E-state index in [0.717, 1.165) is 0 Å². The average molecular weight is 267 g/mol. The summed E-state index contributed by atoms with van der Waals surface area (Å²) in [7, 11) is 0. The molecule has 18 heavy (non-hydrogen) atoms. The van der Waals surface area contributed by atoms with Gasteiger partial charge in [-0.1, -0.05) is 11.6 Å². The summed E-state index contributed by atoms with van der Waals surface area (Å²) in [5, 5.41) is 9.00. The van der Waals surface area contributed by atoms with E-state index in [1.54, 1.807) is 4.90 Å². The Bertz CT molecular complexity index is 484. The van der Waals surface area contributed by atoms with E-state index in [1.807, 2.05) is 0 Å². The number of nitriles is 1. The van der Waals surface area contributed by atoms with Crippen molar-refractivity contribution in [3.05, 3.63) is 34.6 Å². The fourth-order valence-corrected chi connectivity index (χ4v) is 2.29. The van der Waals surface area contributed by atoms with Gasteiger partial charge in [0.2, 0.25) is 0 Å². The van der Waals surface area contributed by atoms with Gasteiger partial charge in [-0.05, 0) is 31.0 Å². The highest BCUT2D eigenvalue weighted by atomic mass is 35.5.